The van der Waals surface area contributed by atoms with E-state index < -0.39 is 8.32 Å². The van der Waals surface area contributed by atoms with Crippen molar-refractivity contribution >= 4 is 30.9 Å². The van der Waals surface area contributed by atoms with Gasteiger partial charge in [0.05, 0.1) is 5.76 Å². The highest BCUT2D eigenvalue weighted by Gasteiger charge is 2.15. The van der Waals surface area contributed by atoms with Gasteiger partial charge in [-0.25, -0.2) is 0 Å². The number of allylic oxidation sites excluding steroid dienone is 2. The van der Waals surface area contributed by atoms with Crippen LogP contribution in [0.25, 0.3) is 0 Å². The Morgan fingerprint density at radius 1 is 1.50 bits per heavy atom. The summed E-state index contributed by atoms with van der Waals surface area (Å²) in [5, 5.41) is 0. The lowest BCUT2D eigenvalue weighted by molar-refractivity contribution is 0.424. The third-order valence-electron chi connectivity index (χ3n) is 0.832. The van der Waals surface area contributed by atoms with E-state index in [1.54, 1.807) is 0 Å². The van der Waals surface area contributed by atoms with Gasteiger partial charge < -0.3 is 4.43 Å². The van der Waals surface area contributed by atoms with E-state index in [9.17, 15) is 0 Å². The molecule has 0 aromatic heterocycles. The minimum Gasteiger partial charge on any atom is -0.548 e. The molecule has 0 aliphatic rings. The molecule has 0 fully saturated rings. The van der Waals surface area contributed by atoms with Gasteiger partial charge in [-0.2, -0.15) is 0 Å². The molecule has 0 heterocycles. The quantitative estimate of drug-likeness (QED) is 0.331. The van der Waals surface area contributed by atoms with Crippen molar-refractivity contribution < 1.29 is 4.43 Å². The maximum absolute atomic E-state index is 5.67. The Hall–Kier alpha value is 0.487. The van der Waals surface area contributed by atoms with Crippen LogP contribution in [0.4, 0.5) is 0 Å². The van der Waals surface area contributed by atoms with Crippen LogP contribution in [-0.4, -0.2) is 12.7 Å². The molecule has 0 spiro atoms. The van der Waals surface area contributed by atoms with Crippen molar-refractivity contribution in [3.63, 3.8) is 0 Å². The maximum atomic E-state index is 5.67. The van der Waals surface area contributed by atoms with Crippen molar-refractivity contribution in [2.24, 2.45) is 0 Å². The van der Waals surface area contributed by atoms with Gasteiger partial charge in [-0.15, -0.1) is 0 Å². The molecular weight excluding hydrogens is 255 g/mol. The van der Waals surface area contributed by atoms with E-state index in [0.29, 0.717) is 0 Å². The Labute approximate surface area is 78.1 Å². The summed E-state index contributed by atoms with van der Waals surface area (Å²) in [5.41, 5.74) is 0. The molecule has 0 N–H and O–H groups in total. The second kappa shape index (κ2) is 4.38. The maximum Gasteiger partial charge on any atom is 0.241 e. The normalized spacial score (nSPS) is 13.5. The van der Waals surface area contributed by atoms with Gasteiger partial charge in [0.2, 0.25) is 8.32 Å². The highest BCUT2D eigenvalue weighted by Crippen LogP contribution is 2.09. The van der Waals surface area contributed by atoms with Crippen molar-refractivity contribution in [2.45, 2.75) is 26.6 Å². The molecule has 0 amide bonds. The number of hydrogen-bond acceptors (Lipinski definition) is 1. The second-order valence-electron chi connectivity index (χ2n) is 3.18. The van der Waals surface area contributed by atoms with E-state index in [1.807, 2.05) is 6.92 Å². The minimum atomic E-state index is -1.33. The molecule has 0 radical (unpaired) electrons. The molecule has 60 valence electrons. The highest BCUT2D eigenvalue weighted by atomic mass is 127. The van der Waals surface area contributed by atoms with Crippen LogP contribution in [0, 0.1) is 0 Å². The van der Waals surface area contributed by atoms with E-state index in [0.717, 1.165) is 10.2 Å². The minimum absolute atomic E-state index is 1.04. The highest BCUT2D eigenvalue weighted by molar-refractivity contribution is 14.1. The van der Waals surface area contributed by atoms with Crippen LogP contribution in [-0.2, 0) is 4.43 Å². The molecule has 0 saturated carbocycles. The van der Waals surface area contributed by atoms with Crippen molar-refractivity contribution in [3.8, 4) is 0 Å². The first kappa shape index (κ1) is 10.5. The van der Waals surface area contributed by atoms with Crippen molar-refractivity contribution in [1.29, 1.82) is 0 Å². The zero-order valence-corrected chi connectivity index (χ0v) is 10.2. The standard InChI is InChI=1S/C7H15IOSi/c1-7(5-6-8)9-10(2,3)4/h5H,6H2,1-4H3/b7-5+. The third-order valence-corrected chi connectivity index (χ3v) is 2.21. The molecule has 0 aliphatic carbocycles. The van der Waals surface area contributed by atoms with Gasteiger partial charge in [0.1, 0.15) is 0 Å². The summed E-state index contributed by atoms with van der Waals surface area (Å²) in [6.45, 7) is 8.60. The van der Waals surface area contributed by atoms with Crippen molar-refractivity contribution in [3.05, 3.63) is 11.8 Å². The molecule has 0 atom stereocenters. The lowest BCUT2D eigenvalue weighted by Crippen LogP contribution is -2.24. The molecule has 0 bridgehead atoms. The lowest BCUT2D eigenvalue weighted by atomic mass is 10.5. The average Bonchev–Trinajstić information content (AvgIpc) is 1.59. The first-order valence-corrected chi connectivity index (χ1v) is 8.31. The Kier molecular flexibility index (Phi) is 4.60. The molecule has 1 nitrogen and oxygen atoms in total. The second-order valence-corrected chi connectivity index (χ2v) is 8.49. The summed E-state index contributed by atoms with van der Waals surface area (Å²) in [6.07, 6.45) is 2.11. The van der Waals surface area contributed by atoms with Crippen LogP contribution < -0.4 is 0 Å². The van der Waals surface area contributed by atoms with Crippen LogP contribution in [0.3, 0.4) is 0 Å². The van der Waals surface area contributed by atoms with Gasteiger partial charge in [-0.3, -0.25) is 0 Å². The van der Waals surface area contributed by atoms with Gasteiger partial charge in [0.15, 0.2) is 0 Å². The van der Waals surface area contributed by atoms with Gasteiger partial charge in [0, 0.05) is 4.43 Å². The SMILES string of the molecule is C/C(=C\CI)O[Si](C)(C)C. The van der Waals surface area contributed by atoms with Gasteiger partial charge in [-0.1, -0.05) is 22.6 Å². The predicted molar refractivity (Wildman–Crippen MR) is 57.1 cm³/mol. The number of halogens is 1. The molecule has 0 aromatic rings. The molecule has 0 aliphatic heterocycles. The summed E-state index contributed by atoms with van der Waals surface area (Å²) < 4.78 is 6.71. The fraction of sp³-hybridized carbons (Fsp3) is 0.714. The summed E-state index contributed by atoms with van der Waals surface area (Å²) >= 11 is 2.31. The third kappa shape index (κ3) is 6.60. The summed E-state index contributed by atoms with van der Waals surface area (Å²) in [7, 11) is -1.33. The fourth-order valence-electron chi connectivity index (χ4n) is 0.633. The van der Waals surface area contributed by atoms with Gasteiger partial charge >= 0.3 is 0 Å². The van der Waals surface area contributed by atoms with Crippen molar-refractivity contribution in [2.75, 3.05) is 4.43 Å². The molecular formula is C7H15IOSi. The van der Waals surface area contributed by atoms with Crippen molar-refractivity contribution in [1.82, 2.24) is 0 Å². The monoisotopic (exact) mass is 270 g/mol. The van der Waals surface area contributed by atoms with E-state index in [-0.39, 0.29) is 0 Å². The zero-order chi connectivity index (χ0) is 8.20. The van der Waals surface area contributed by atoms with Gasteiger partial charge in [-0.05, 0) is 32.6 Å². The molecule has 0 unspecified atom stereocenters. The molecule has 3 heteroatoms. The van der Waals surface area contributed by atoms with Crippen LogP contribution >= 0.6 is 22.6 Å². The summed E-state index contributed by atoms with van der Waals surface area (Å²) in [4.78, 5) is 0. The zero-order valence-electron chi connectivity index (χ0n) is 7.07. The topological polar surface area (TPSA) is 9.23 Å². The number of alkyl halides is 1. The number of hydrogen-bond donors (Lipinski definition) is 0. The van der Waals surface area contributed by atoms with Crippen LogP contribution in [0.15, 0.2) is 11.8 Å². The fourth-order valence-corrected chi connectivity index (χ4v) is 2.30. The largest absolute Gasteiger partial charge is 0.548 e. The molecule has 0 aromatic carbocycles. The van der Waals surface area contributed by atoms with Gasteiger partial charge in [0.25, 0.3) is 0 Å². The van der Waals surface area contributed by atoms with E-state index in [4.69, 9.17) is 4.43 Å². The Bertz CT molecular complexity index is 126. The smallest absolute Gasteiger partial charge is 0.241 e. The van der Waals surface area contributed by atoms with E-state index >= 15 is 0 Å². The van der Waals surface area contributed by atoms with Crippen LogP contribution in [0.1, 0.15) is 6.92 Å². The molecule has 0 rings (SSSR count). The Balaban J connectivity index is 3.79. The van der Waals surface area contributed by atoms with Crippen LogP contribution in [0.5, 0.6) is 0 Å². The van der Waals surface area contributed by atoms with E-state index in [1.165, 1.54) is 0 Å². The first-order valence-electron chi connectivity index (χ1n) is 3.37. The lowest BCUT2D eigenvalue weighted by Gasteiger charge is -2.19. The average molecular weight is 270 g/mol. The van der Waals surface area contributed by atoms with E-state index in [2.05, 4.69) is 48.3 Å². The number of rotatable bonds is 3. The Morgan fingerprint density at radius 2 is 2.00 bits per heavy atom. The predicted octanol–water partition coefficient (Wildman–Crippen LogP) is 3.18. The summed E-state index contributed by atoms with van der Waals surface area (Å²) in [5.74, 6) is 1.08. The molecule has 10 heavy (non-hydrogen) atoms. The summed E-state index contributed by atoms with van der Waals surface area (Å²) in [6, 6.07) is 0. The first-order chi connectivity index (χ1) is 4.45. The Morgan fingerprint density at radius 3 is 2.30 bits per heavy atom. The van der Waals surface area contributed by atoms with Crippen LogP contribution in [0.2, 0.25) is 19.6 Å². The molecule has 0 saturated heterocycles.